The molecule has 4 aromatic rings. The van der Waals surface area contributed by atoms with Gasteiger partial charge in [0, 0.05) is 29.5 Å². The molecule has 1 aromatic heterocycles. The number of morpholine rings is 1. The van der Waals surface area contributed by atoms with Crippen molar-refractivity contribution in [2.75, 3.05) is 35.7 Å². The summed E-state index contributed by atoms with van der Waals surface area (Å²) in [5.74, 6) is 1.42. The van der Waals surface area contributed by atoms with E-state index in [1.165, 1.54) is 18.2 Å². The van der Waals surface area contributed by atoms with Crippen molar-refractivity contribution < 1.29 is 22.7 Å². The van der Waals surface area contributed by atoms with E-state index in [0.29, 0.717) is 72.6 Å². The Hall–Kier alpha value is -4.19. The number of anilines is 3. The van der Waals surface area contributed by atoms with Gasteiger partial charge in [-0.15, -0.1) is 0 Å². The van der Waals surface area contributed by atoms with Crippen LogP contribution in [0.1, 0.15) is 25.5 Å². The molecular formula is C31H30ClN5O5S. The number of para-hydroxylation sites is 1. The zero-order chi connectivity index (χ0) is 30.2. The van der Waals surface area contributed by atoms with Gasteiger partial charge in [-0.25, -0.2) is 23.2 Å². The quantitative estimate of drug-likeness (QED) is 0.250. The number of nitrogens with zero attached hydrogens (tertiary/aromatic N) is 3. The number of benzene rings is 3. The summed E-state index contributed by atoms with van der Waals surface area (Å²) in [6, 6.07) is 22.0. The molecule has 1 aliphatic heterocycles. The molecule has 0 bridgehead atoms. The fourth-order valence-corrected chi connectivity index (χ4v) is 7.67. The van der Waals surface area contributed by atoms with Gasteiger partial charge in [-0.3, -0.25) is 5.32 Å². The van der Waals surface area contributed by atoms with Crippen molar-refractivity contribution in [3.05, 3.63) is 89.6 Å². The maximum absolute atomic E-state index is 14.1. The zero-order valence-electron chi connectivity index (χ0n) is 23.4. The number of aromatic nitrogens is 2. The number of carbonyl (C=O) groups is 1. The van der Waals surface area contributed by atoms with Crippen molar-refractivity contribution >= 4 is 44.7 Å². The Morgan fingerprint density at radius 3 is 2.49 bits per heavy atom. The Balaban J connectivity index is 1.35. The third kappa shape index (κ3) is 5.75. The maximum Gasteiger partial charge on any atom is 0.417 e. The molecule has 1 saturated carbocycles. The van der Waals surface area contributed by atoms with Crippen LogP contribution in [0.2, 0.25) is 5.02 Å². The molecule has 0 spiro atoms. The van der Waals surface area contributed by atoms with Gasteiger partial charge in [0.1, 0.15) is 16.3 Å². The standard InChI is InChI=1S/C31H30ClN5O5S/c1-20-19-41-16-15-37(20)28-18-27(31(13-14-31)43(39,40)26-12-9-22(33)17-25(26)32)35-29(36-28)21-7-10-23(11-8-21)34-30(38)42-24-5-3-2-4-6-24/h2-12,17-18,20H,13-16,19,33H2,1H3,(H,34,38)/t20-/m0/s1. The lowest BCUT2D eigenvalue weighted by molar-refractivity contribution is 0.0985. The van der Waals surface area contributed by atoms with E-state index in [1.807, 2.05) is 13.0 Å². The molecule has 3 aromatic carbocycles. The van der Waals surface area contributed by atoms with Crippen LogP contribution < -0.4 is 20.7 Å². The molecule has 1 saturated heterocycles. The molecule has 1 aliphatic carbocycles. The van der Waals surface area contributed by atoms with Crippen LogP contribution in [0.3, 0.4) is 0 Å². The summed E-state index contributed by atoms with van der Waals surface area (Å²) in [5.41, 5.74) is 7.80. The molecule has 10 nitrogen and oxygen atoms in total. The predicted octanol–water partition coefficient (Wildman–Crippen LogP) is 5.68. The summed E-state index contributed by atoms with van der Waals surface area (Å²) in [4.78, 5) is 24.2. The Morgan fingerprint density at radius 2 is 1.81 bits per heavy atom. The molecule has 3 N–H and O–H groups in total. The first-order valence-corrected chi connectivity index (χ1v) is 15.7. The van der Waals surface area contributed by atoms with Crippen LogP contribution >= 0.6 is 11.6 Å². The van der Waals surface area contributed by atoms with Gasteiger partial charge < -0.3 is 20.1 Å². The first-order chi connectivity index (χ1) is 20.7. The predicted molar refractivity (Wildman–Crippen MR) is 165 cm³/mol. The van der Waals surface area contributed by atoms with E-state index in [4.69, 9.17) is 36.8 Å². The number of nitrogen functional groups attached to an aromatic ring is 1. The molecule has 0 unspecified atom stereocenters. The van der Waals surface area contributed by atoms with Crippen molar-refractivity contribution in [1.82, 2.24) is 9.97 Å². The Kier molecular flexibility index (Phi) is 7.72. The molecule has 43 heavy (non-hydrogen) atoms. The minimum Gasteiger partial charge on any atom is -0.410 e. The van der Waals surface area contributed by atoms with Gasteiger partial charge in [-0.05, 0) is 74.4 Å². The average molecular weight is 620 g/mol. The third-order valence-electron chi connectivity index (χ3n) is 7.65. The normalized spacial score (nSPS) is 17.7. The Morgan fingerprint density at radius 1 is 1.07 bits per heavy atom. The zero-order valence-corrected chi connectivity index (χ0v) is 24.9. The van der Waals surface area contributed by atoms with Crippen molar-refractivity contribution in [1.29, 1.82) is 0 Å². The molecule has 1 amide bonds. The van der Waals surface area contributed by atoms with Crippen LogP contribution in [-0.4, -0.2) is 50.3 Å². The van der Waals surface area contributed by atoms with E-state index in [0.717, 1.165) is 0 Å². The minimum absolute atomic E-state index is 0.0279. The van der Waals surface area contributed by atoms with Crippen LogP contribution in [-0.2, 0) is 19.3 Å². The molecule has 0 radical (unpaired) electrons. The largest absolute Gasteiger partial charge is 0.417 e. The van der Waals surface area contributed by atoms with Gasteiger partial charge in [0.25, 0.3) is 0 Å². The molecule has 2 heterocycles. The number of halogens is 1. The third-order valence-corrected chi connectivity index (χ3v) is 10.7. The lowest BCUT2D eigenvalue weighted by Gasteiger charge is -2.34. The van der Waals surface area contributed by atoms with Crippen LogP contribution in [0, 0.1) is 0 Å². The van der Waals surface area contributed by atoms with Crippen molar-refractivity contribution in [2.24, 2.45) is 0 Å². The number of hydrogen-bond acceptors (Lipinski definition) is 9. The maximum atomic E-state index is 14.1. The van der Waals surface area contributed by atoms with E-state index in [1.54, 1.807) is 54.6 Å². The second-order valence-corrected chi connectivity index (χ2v) is 13.3. The fraction of sp³-hybridized carbons (Fsp3) is 0.258. The highest BCUT2D eigenvalue weighted by Crippen LogP contribution is 2.56. The van der Waals surface area contributed by atoms with Crippen LogP contribution in [0.25, 0.3) is 11.4 Å². The van der Waals surface area contributed by atoms with Crippen molar-refractivity contribution in [2.45, 2.75) is 35.4 Å². The van der Waals surface area contributed by atoms with Gasteiger partial charge in [0.15, 0.2) is 15.7 Å². The topological polar surface area (TPSA) is 137 Å². The summed E-state index contributed by atoms with van der Waals surface area (Å²) >= 11 is 6.38. The number of ether oxygens (including phenoxy) is 2. The Bertz CT molecular complexity index is 1770. The molecule has 6 rings (SSSR count). The van der Waals surface area contributed by atoms with Crippen LogP contribution in [0.4, 0.5) is 22.0 Å². The second kappa shape index (κ2) is 11.5. The number of rotatable bonds is 7. The summed E-state index contributed by atoms with van der Waals surface area (Å²) < 4.78 is 37.8. The van der Waals surface area contributed by atoms with Gasteiger partial charge >= 0.3 is 6.09 Å². The highest BCUT2D eigenvalue weighted by molar-refractivity contribution is 7.92. The van der Waals surface area contributed by atoms with Crippen molar-refractivity contribution in [3.8, 4) is 17.1 Å². The van der Waals surface area contributed by atoms with Crippen LogP contribution in [0.5, 0.6) is 5.75 Å². The molecule has 222 valence electrons. The monoisotopic (exact) mass is 619 g/mol. The van der Waals surface area contributed by atoms with Crippen molar-refractivity contribution in [3.63, 3.8) is 0 Å². The lowest BCUT2D eigenvalue weighted by Crippen LogP contribution is -2.44. The smallest absolute Gasteiger partial charge is 0.410 e. The van der Waals surface area contributed by atoms with Gasteiger partial charge in [-0.1, -0.05) is 29.8 Å². The van der Waals surface area contributed by atoms with E-state index >= 15 is 0 Å². The fourth-order valence-electron chi connectivity index (χ4n) is 5.17. The van der Waals surface area contributed by atoms with E-state index < -0.39 is 20.7 Å². The molecule has 12 heteroatoms. The summed E-state index contributed by atoms with van der Waals surface area (Å²) in [5, 5.41) is 2.79. The number of sulfone groups is 1. The van der Waals surface area contributed by atoms with E-state index in [-0.39, 0.29) is 16.0 Å². The highest BCUT2D eigenvalue weighted by atomic mass is 35.5. The Labute approximate surface area is 254 Å². The SMILES string of the molecule is C[C@H]1COCCN1c1cc(C2(S(=O)(=O)c3ccc(N)cc3Cl)CC2)nc(-c2ccc(NC(=O)Oc3ccccc3)cc2)n1. The number of amides is 1. The number of hydrogen-bond donors (Lipinski definition) is 2. The molecule has 2 aliphatic rings. The highest BCUT2D eigenvalue weighted by Gasteiger charge is 2.58. The summed E-state index contributed by atoms with van der Waals surface area (Å²) in [7, 11) is -3.92. The van der Waals surface area contributed by atoms with Gasteiger partial charge in [0.2, 0.25) is 0 Å². The summed E-state index contributed by atoms with van der Waals surface area (Å²) in [6.45, 7) is 3.70. The van der Waals surface area contributed by atoms with Gasteiger partial charge in [-0.2, -0.15) is 0 Å². The first-order valence-electron chi connectivity index (χ1n) is 13.8. The number of carbonyl (C=O) groups excluding carboxylic acids is 1. The lowest BCUT2D eigenvalue weighted by atomic mass is 10.1. The number of nitrogens with one attached hydrogen (secondary N) is 1. The molecule has 1 atom stereocenters. The second-order valence-electron chi connectivity index (χ2n) is 10.6. The van der Waals surface area contributed by atoms with Crippen LogP contribution in [0.15, 0.2) is 83.8 Å². The summed E-state index contributed by atoms with van der Waals surface area (Å²) in [6.07, 6.45) is 0.177. The average Bonchev–Trinajstić information content (AvgIpc) is 3.81. The molecular weight excluding hydrogens is 590 g/mol. The van der Waals surface area contributed by atoms with E-state index in [9.17, 15) is 13.2 Å². The first kappa shape index (κ1) is 28.9. The minimum atomic E-state index is -3.92. The molecule has 2 fully saturated rings. The van der Waals surface area contributed by atoms with E-state index in [2.05, 4.69) is 10.2 Å². The number of nitrogens with two attached hydrogens (primary N) is 1. The van der Waals surface area contributed by atoms with Gasteiger partial charge in [0.05, 0.1) is 34.9 Å².